The van der Waals surface area contributed by atoms with Crippen molar-refractivity contribution in [3.05, 3.63) is 129 Å². The third-order valence-corrected chi connectivity index (χ3v) is 15.3. The number of fused-ring (bicyclic) bond motifs is 2. The van der Waals surface area contributed by atoms with Crippen LogP contribution >= 0.6 is 65.6 Å². The van der Waals surface area contributed by atoms with Gasteiger partial charge in [0.2, 0.25) is 10.3 Å². The zero-order valence-corrected chi connectivity index (χ0v) is 41.0. The van der Waals surface area contributed by atoms with Gasteiger partial charge in [-0.25, -0.2) is 31.1 Å². The van der Waals surface area contributed by atoms with E-state index < -0.39 is 19.1 Å². The molecule has 0 spiro atoms. The fourth-order valence-electron chi connectivity index (χ4n) is 6.26. The van der Waals surface area contributed by atoms with Gasteiger partial charge in [-0.05, 0) is 103 Å². The van der Waals surface area contributed by atoms with Gasteiger partial charge < -0.3 is 34.1 Å². The van der Waals surface area contributed by atoms with E-state index in [2.05, 4.69) is 55.9 Å². The lowest BCUT2D eigenvalue weighted by molar-refractivity contribution is 0.279. The maximum atomic E-state index is 13.7. The van der Waals surface area contributed by atoms with Gasteiger partial charge in [0.1, 0.15) is 24.2 Å². The minimum atomic E-state index is -3.96. The van der Waals surface area contributed by atoms with E-state index in [1.54, 1.807) is 55.6 Å². The fourth-order valence-corrected chi connectivity index (χ4v) is 10.9. The van der Waals surface area contributed by atoms with Crippen LogP contribution in [0, 0.1) is 0 Å². The first-order valence-corrected chi connectivity index (χ1v) is 25.2. The molecule has 8 aromatic rings. The molecule has 4 heterocycles. The second-order valence-corrected chi connectivity index (χ2v) is 21.1. The van der Waals surface area contributed by atoms with Crippen LogP contribution in [-0.2, 0) is 59.5 Å². The average Bonchev–Trinajstić information content (AvgIpc) is 4.11. The number of halogens is 3. The highest BCUT2D eigenvalue weighted by Crippen LogP contribution is 2.33. The van der Waals surface area contributed by atoms with E-state index in [1.165, 1.54) is 41.7 Å². The average molecular weight is 1080 g/mol. The van der Waals surface area contributed by atoms with Crippen molar-refractivity contribution in [2.24, 2.45) is 14.1 Å². The lowest BCUT2D eigenvalue weighted by atomic mass is 10.1. The molecule has 4 aromatic heterocycles. The lowest BCUT2D eigenvalue weighted by Gasteiger charge is -2.23. The van der Waals surface area contributed by atoms with Gasteiger partial charge in [0.15, 0.2) is 0 Å². The molecule has 0 atom stereocenters. The summed E-state index contributed by atoms with van der Waals surface area (Å²) in [5, 5.41) is 25.1. The molecule has 0 aliphatic rings. The zero-order valence-electron chi connectivity index (χ0n) is 33.8. The summed E-state index contributed by atoms with van der Waals surface area (Å²) in [7, 11) is 4.49. The first-order valence-electron chi connectivity index (χ1n) is 18.3. The smallest absolute Gasteiger partial charge is 0.266 e. The number of aliphatic hydroxyl groups is 2. The third-order valence-electron chi connectivity index (χ3n) is 9.53. The summed E-state index contributed by atoms with van der Waals surface area (Å²) in [6.45, 7) is 0.339. The molecule has 63 heavy (non-hydrogen) atoms. The number of aliphatic hydroxyl groups excluding tert-OH is 2. The van der Waals surface area contributed by atoms with Gasteiger partial charge in [0.25, 0.3) is 19.1 Å². The molecule has 0 saturated carbocycles. The molecule has 8 rings (SSSR count). The van der Waals surface area contributed by atoms with Crippen molar-refractivity contribution in [2.75, 3.05) is 23.8 Å². The van der Waals surface area contributed by atoms with Crippen molar-refractivity contribution in [1.29, 1.82) is 0 Å². The number of hydrogen-bond donors (Lipinski definition) is 3. The number of nitrogens with zero attached hydrogens (tertiary/aromatic N) is 7. The molecule has 0 aliphatic carbocycles. The monoisotopic (exact) mass is 1080 g/mol. The number of benzene rings is 4. The van der Waals surface area contributed by atoms with Crippen molar-refractivity contribution in [1.82, 2.24) is 27.8 Å². The van der Waals surface area contributed by atoms with E-state index in [9.17, 15) is 27.0 Å². The Balaban J connectivity index is 0.000000174. The number of hydrogen-bond acceptors (Lipinski definition) is 15. The van der Waals surface area contributed by atoms with Crippen LogP contribution in [0.3, 0.4) is 0 Å². The highest BCUT2D eigenvalue weighted by molar-refractivity contribution is 9.11. The summed E-state index contributed by atoms with van der Waals surface area (Å²) in [5.74, 6) is 1.33. The van der Waals surface area contributed by atoms with Gasteiger partial charge in [-0.15, -0.1) is 0 Å². The van der Waals surface area contributed by atoms with Crippen molar-refractivity contribution >= 4 is 117 Å². The highest BCUT2D eigenvalue weighted by atomic mass is 79.9. The normalized spacial score (nSPS) is 11.4. The Morgan fingerprint density at radius 2 is 1.24 bits per heavy atom. The number of sulfonamides is 1. The molecule has 4 aromatic carbocycles. The van der Waals surface area contributed by atoms with Crippen molar-refractivity contribution < 1.29 is 36.5 Å². The zero-order chi connectivity index (χ0) is 45.5. The Morgan fingerprint density at radius 3 is 1.75 bits per heavy atom. The number of methoxy groups -OCH3 is 2. The van der Waals surface area contributed by atoms with E-state index in [0.717, 1.165) is 64.3 Å². The summed E-state index contributed by atoms with van der Waals surface area (Å²) < 4.78 is 74.6. The number of ether oxygens (including phenoxy) is 2. The van der Waals surface area contributed by atoms with Crippen molar-refractivity contribution in [3.63, 3.8) is 0 Å². The van der Waals surface area contributed by atoms with Gasteiger partial charge in [0, 0.05) is 86.5 Å². The van der Waals surface area contributed by atoms with Crippen LogP contribution in [-0.4, -0.2) is 69.1 Å². The highest BCUT2D eigenvalue weighted by Gasteiger charge is 2.29. The second kappa shape index (κ2) is 20.9. The first kappa shape index (κ1) is 47.8. The molecule has 0 saturated heterocycles. The number of nitrogens with one attached hydrogen (secondary N) is 1. The number of aromatic nitrogens is 6. The maximum absolute atomic E-state index is 13.7. The number of anilines is 2. The topological polar surface area (TPSA) is 204 Å². The van der Waals surface area contributed by atoms with Crippen LogP contribution in [0.1, 0.15) is 22.3 Å². The number of rotatable bonds is 13. The molecular formula is C40H39Br2ClN8O8S4. The lowest BCUT2D eigenvalue weighted by Crippen LogP contribution is -2.31. The summed E-state index contributed by atoms with van der Waals surface area (Å²) in [5.41, 5.74) is 4.69. The summed E-state index contributed by atoms with van der Waals surface area (Å²) in [4.78, 5) is 8.42. The Kier molecular flexibility index (Phi) is 15.9. The molecule has 3 N–H and O–H groups in total. The van der Waals surface area contributed by atoms with Crippen molar-refractivity contribution in [3.8, 4) is 11.5 Å². The molecule has 332 valence electrons. The van der Waals surface area contributed by atoms with E-state index in [-0.39, 0.29) is 34.7 Å². The van der Waals surface area contributed by atoms with Crippen LogP contribution in [0.2, 0.25) is 0 Å². The van der Waals surface area contributed by atoms with Gasteiger partial charge in [-0.2, -0.15) is 8.75 Å². The SMILES string of the molecule is COc1ccc(CN(c2ncns2)S(=O)(=O)c2ccc3c(Br)cn(C)c3c2)c(CO)c1.COc1ccc(CNc2ncns2)c(CO)c1.Cn1cc(Br)c2ccc(S(=O)(=O)Cl)cc21. The predicted molar refractivity (Wildman–Crippen MR) is 253 cm³/mol. The summed E-state index contributed by atoms with van der Waals surface area (Å²) >= 11 is 9.18. The third kappa shape index (κ3) is 11.4. The largest absolute Gasteiger partial charge is 0.497 e. The van der Waals surface area contributed by atoms with Crippen LogP contribution in [0.25, 0.3) is 21.8 Å². The molecular weight excluding hydrogens is 1040 g/mol. The molecule has 0 bridgehead atoms. The minimum absolute atomic E-state index is 0.00766. The molecule has 0 aliphatic heterocycles. The van der Waals surface area contributed by atoms with Crippen LogP contribution in [0.4, 0.5) is 10.3 Å². The van der Waals surface area contributed by atoms with E-state index >= 15 is 0 Å². The van der Waals surface area contributed by atoms with E-state index in [1.807, 2.05) is 53.8 Å². The second-order valence-electron chi connectivity index (χ2n) is 13.4. The van der Waals surface area contributed by atoms with Crippen LogP contribution in [0.15, 0.2) is 117 Å². The molecule has 0 radical (unpaired) electrons. The quantitative estimate of drug-likeness (QED) is 0.0933. The fraction of sp³-hybridized carbons (Fsp3) is 0.200. The van der Waals surface area contributed by atoms with Gasteiger partial charge in [0.05, 0.1) is 54.8 Å². The summed E-state index contributed by atoms with van der Waals surface area (Å²) in [6.07, 6.45) is 6.58. The summed E-state index contributed by atoms with van der Waals surface area (Å²) in [6, 6.07) is 20.6. The molecule has 0 unspecified atom stereocenters. The van der Waals surface area contributed by atoms with E-state index in [0.29, 0.717) is 23.4 Å². The van der Waals surface area contributed by atoms with Gasteiger partial charge in [-0.1, -0.05) is 24.3 Å². The molecule has 23 heteroatoms. The Bertz CT molecular complexity index is 3060. The molecule has 0 fully saturated rings. The first-order chi connectivity index (χ1) is 30.1. The van der Waals surface area contributed by atoms with Crippen LogP contribution < -0.4 is 19.1 Å². The standard InChI is InChI=1S/C20H19BrN4O4S2.C11H13N3O2S.C9H7BrClNO2S/c1-24-10-18(21)17-6-5-16(8-19(17)24)31(27,28)25(20-22-12-23-30-20)9-13-3-4-15(29-2)7-14(13)11-26;1-16-10-3-2-8(9(4-10)6-15)5-12-11-13-7-14-17-11;1-12-5-8(10)7-3-2-6(4-9(7)12)15(11,13)14/h3-8,10,12,26H,9,11H2,1-2H3;2-4,7,15H,5-6H2,1H3,(H,12,13,14);2-5H,1H3. The van der Waals surface area contributed by atoms with Gasteiger partial charge >= 0.3 is 0 Å². The number of aryl methyl sites for hydroxylation is 2. The molecule has 0 amide bonds. The Hall–Kier alpha value is -4.65. The minimum Gasteiger partial charge on any atom is -0.497 e. The van der Waals surface area contributed by atoms with Crippen molar-refractivity contribution in [2.45, 2.75) is 36.1 Å². The van der Waals surface area contributed by atoms with Gasteiger partial charge in [-0.3, -0.25) is 0 Å². The molecule has 16 nitrogen and oxygen atoms in total. The van der Waals surface area contributed by atoms with Crippen LogP contribution in [0.5, 0.6) is 11.5 Å². The predicted octanol–water partition coefficient (Wildman–Crippen LogP) is 8.21. The van der Waals surface area contributed by atoms with E-state index in [4.69, 9.17) is 20.2 Å². The Labute approximate surface area is 392 Å². The maximum Gasteiger partial charge on any atom is 0.266 e. The Morgan fingerprint density at radius 1 is 0.714 bits per heavy atom.